The number of benzene rings is 4. The van der Waals surface area contributed by atoms with Gasteiger partial charge in [0.15, 0.2) is 23.1 Å². The molecule has 6 aromatic heterocycles. The van der Waals surface area contributed by atoms with Crippen molar-refractivity contribution in [2.45, 2.75) is 90.5 Å². The first-order chi connectivity index (χ1) is 39.2. The van der Waals surface area contributed by atoms with E-state index in [0.717, 1.165) is 89.9 Å². The van der Waals surface area contributed by atoms with Crippen LogP contribution in [0.15, 0.2) is 85.2 Å². The number of halogens is 4. The zero-order valence-corrected chi connectivity index (χ0v) is 47.6. The fourth-order valence-electron chi connectivity index (χ4n) is 12.3. The van der Waals surface area contributed by atoms with Crippen LogP contribution < -0.4 is 9.47 Å². The van der Waals surface area contributed by atoms with Crippen molar-refractivity contribution in [3.63, 3.8) is 0 Å². The second-order valence-corrected chi connectivity index (χ2v) is 22.6. The van der Waals surface area contributed by atoms with Crippen molar-refractivity contribution in [3.05, 3.63) is 142 Å². The molecule has 2 N–H and O–H groups in total. The highest BCUT2D eigenvalue weighted by atomic mass is 19.1. The highest BCUT2D eigenvalue weighted by molar-refractivity contribution is 6.08. The fourth-order valence-corrected chi connectivity index (χ4v) is 12.3. The third kappa shape index (κ3) is 10.1. The molecule has 2 aliphatic heterocycles. The van der Waals surface area contributed by atoms with Gasteiger partial charge in [-0.2, -0.15) is 0 Å². The number of rotatable bonds is 12. The molecule has 4 aromatic carbocycles. The van der Waals surface area contributed by atoms with Crippen molar-refractivity contribution in [2.24, 2.45) is 25.9 Å². The lowest BCUT2D eigenvalue weighted by Crippen LogP contribution is -2.28. The Labute approximate surface area is 471 Å². The fraction of sp³-hybridized carbons (Fsp3) is 0.387. The molecule has 0 spiro atoms. The number of fused-ring (bicyclic) bond motifs is 6. The van der Waals surface area contributed by atoms with Gasteiger partial charge >= 0.3 is 0 Å². The van der Waals surface area contributed by atoms with Crippen molar-refractivity contribution in [3.8, 4) is 34.0 Å². The van der Waals surface area contributed by atoms with Crippen molar-refractivity contribution >= 4 is 43.9 Å². The first-order valence-corrected chi connectivity index (χ1v) is 27.4. The molecule has 20 heteroatoms. The van der Waals surface area contributed by atoms with Gasteiger partial charge in [-0.15, -0.1) is 10.2 Å². The second-order valence-electron chi connectivity index (χ2n) is 22.6. The zero-order valence-electron chi connectivity index (χ0n) is 47.6. The van der Waals surface area contributed by atoms with E-state index in [1.54, 1.807) is 49.5 Å². The molecule has 2 unspecified atom stereocenters. The van der Waals surface area contributed by atoms with Gasteiger partial charge < -0.3 is 38.3 Å². The summed E-state index contributed by atoms with van der Waals surface area (Å²) in [5, 5.41) is 40.2. The van der Waals surface area contributed by atoms with Crippen LogP contribution in [0.1, 0.15) is 99.1 Å². The Balaban J connectivity index is 0.000000172. The molecule has 82 heavy (non-hydrogen) atoms. The van der Waals surface area contributed by atoms with Crippen LogP contribution in [0, 0.1) is 49.0 Å². The lowest BCUT2D eigenvalue weighted by molar-refractivity contribution is 0.0547. The van der Waals surface area contributed by atoms with Gasteiger partial charge in [-0.3, -0.25) is 9.97 Å². The quantitative estimate of drug-likeness (QED) is 0.111. The molecule has 2 atom stereocenters. The number of aryl methyl sites for hydroxylation is 4. The summed E-state index contributed by atoms with van der Waals surface area (Å²) in [6, 6.07) is 19.1. The van der Waals surface area contributed by atoms with Gasteiger partial charge in [-0.25, -0.2) is 26.9 Å². The molecule has 0 saturated carbocycles. The molecule has 0 bridgehead atoms. The molecular formula is C62H66F4N10O6. The Morgan fingerprint density at radius 2 is 0.915 bits per heavy atom. The number of aliphatic hydroxyl groups is 2. The van der Waals surface area contributed by atoms with Crippen LogP contribution in [-0.2, 0) is 34.8 Å². The van der Waals surface area contributed by atoms with Gasteiger partial charge in [0.1, 0.15) is 11.6 Å². The normalized spacial score (nSPS) is 15.6. The van der Waals surface area contributed by atoms with E-state index in [-0.39, 0.29) is 34.5 Å². The lowest BCUT2D eigenvalue weighted by Gasteiger charge is -2.33. The van der Waals surface area contributed by atoms with Crippen LogP contribution in [0.4, 0.5) is 17.6 Å². The highest BCUT2D eigenvalue weighted by Crippen LogP contribution is 2.46. The summed E-state index contributed by atoms with van der Waals surface area (Å²) in [7, 11) is 6.29. The van der Waals surface area contributed by atoms with Gasteiger partial charge in [0, 0.05) is 98.1 Å². The molecule has 0 radical (unpaired) electrons. The number of aromatic nitrogens is 10. The van der Waals surface area contributed by atoms with Crippen LogP contribution in [0.5, 0.6) is 11.5 Å². The number of methoxy groups -OCH3 is 2. The average Bonchev–Trinajstić information content (AvgIpc) is 3.00. The highest BCUT2D eigenvalue weighted by Gasteiger charge is 2.36. The van der Waals surface area contributed by atoms with Crippen LogP contribution in [-0.4, -0.2) is 100.0 Å². The molecule has 8 heterocycles. The van der Waals surface area contributed by atoms with Crippen molar-refractivity contribution in [1.29, 1.82) is 0 Å². The van der Waals surface area contributed by atoms with E-state index in [0.29, 0.717) is 63.2 Å². The standard InChI is InChI=1S/2C31H33F2N5O3/c2*1-17-29(37(4)36-35-17)19-12-26-28(34-16-19)21-7-6-20(31(2,3)39)13-25(21)38(26)30(18-8-10-41-11-9-18)22-14-24(33)27(40-5)15-23(22)32/h2*6-7,12-16,18,30,39H,8-11H2,1-5H3. The van der Waals surface area contributed by atoms with Crippen LogP contribution >= 0.6 is 0 Å². The second kappa shape index (κ2) is 21.8. The number of ether oxygens (including phenoxy) is 4. The Morgan fingerprint density at radius 3 is 1.24 bits per heavy atom. The van der Waals surface area contributed by atoms with E-state index >= 15 is 17.6 Å². The molecule has 10 aromatic rings. The maximum absolute atomic E-state index is 15.9. The molecule has 2 fully saturated rings. The topological polar surface area (TPSA) is 174 Å². The summed E-state index contributed by atoms with van der Waals surface area (Å²) in [5.74, 6) is -2.77. The van der Waals surface area contributed by atoms with E-state index < -0.39 is 46.6 Å². The van der Waals surface area contributed by atoms with Gasteiger partial charge in [-0.05, 0) is 127 Å². The van der Waals surface area contributed by atoms with E-state index in [4.69, 9.17) is 28.9 Å². The summed E-state index contributed by atoms with van der Waals surface area (Å²) >= 11 is 0. The molecule has 0 aliphatic carbocycles. The van der Waals surface area contributed by atoms with Crippen LogP contribution in [0.2, 0.25) is 0 Å². The van der Waals surface area contributed by atoms with E-state index in [1.807, 2.05) is 76.5 Å². The van der Waals surface area contributed by atoms with Crippen molar-refractivity contribution < 1.29 is 46.7 Å². The summed E-state index contributed by atoms with van der Waals surface area (Å²) in [4.78, 5) is 9.77. The first kappa shape index (κ1) is 56.1. The van der Waals surface area contributed by atoms with Gasteiger partial charge in [0.2, 0.25) is 0 Å². The third-order valence-electron chi connectivity index (χ3n) is 16.4. The Bertz CT molecular complexity index is 3750. The number of nitrogens with zero attached hydrogens (tertiary/aromatic N) is 10. The number of hydrogen-bond acceptors (Lipinski definition) is 12. The van der Waals surface area contributed by atoms with Gasteiger partial charge in [0.05, 0.1) is 93.4 Å². The maximum atomic E-state index is 15.9. The minimum absolute atomic E-state index is 0.0561. The molecule has 0 amide bonds. The molecule has 428 valence electrons. The third-order valence-corrected chi connectivity index (χ3v) is 16.4. The van der Waals surface area contributed by atoms with Crippen molar-refractivity contribution in [2.75, 3.05) is 40.6 Å². The van der Waals surface area contributed by atoms with E-state index in [9.17, 15) is 10.2 Å². The summed E-state index contributed by atoms with van der Waals surface area (Å²) in [6.07, 6.45) is 6.26. The van der Waals surface area contributed by atoms with Crippen LogP contribution in [0.25, 0.3) is 66.4 Å². The van der Waals surface area contributed by atoms with Gasteiger partial charge in [0.25, 0.3) is 0 Å². The SMILES string of the molecule is COc1cc(F)c(C(C2CCOCC2)n2c3cc(C(C)(C)O)ccc3c3ncc(-c4c(C)nnn4C)cc32)cc1F.COc1cc(F)c(C(C2CCOCC2)n2c3cc(C(C)(C)O)ccc3c3ncc(-c4c(C)nnn4C)cc32)cc1F. The average molecular weight is 1120 g/mol. The minimum atomic E-state index is -1.11. The number of pyridine rings is 2. The predicted octanol–water partition coefficient (Wildman–Crippen LogP) is 11.6. The Hall–Kier alpha value is -7.78. The Morgan fingerprint density at radius 1 is 0.537 bits per heavy atom. The summed E-state index contributed by atoms with van der Waals surface area (Å²) in [6.45, 7) is 12.8. The molecule has 2 aliphatic rings. The minimum Gasteiger partial charge on any atom is -0.494 e. The molecule has 12 rings (SSSR count). The van der Waals surface area contributed by atoms with Crippen molar-refractivity contribution in [1.82, 2.24) is 49.1 Å². The van der Waals surface area contributed by atoms with Crippen LogP contribution in [0.3, 0.4) is 0 Å². The molecule has 16 nitrogen and oxygen atoms in total. The summed E-state index contributed by atoms with van der Waals surface area (Å²) in [5.41, 5.74) is 8.92. The van der Waals surface area contributed by atoms with Gasteiger partial charge in [-0.1, -0.05) is 34.7 Å². The Kier molecular flexibility index (Phi) is 14.9. The molecule has 2 saturated heterocycles. The van der Waals surface area contributed by atoms with E-state index in [1.165, 1.54) is 26.4 Å². The largest absolute Gasteiger partial charge is 0.494 e. The van der Waals surface area contributed by atoms with E-state index in [2.05, 4.69) is 29.8 Å². The number of hydrogen-bond donors (Lipinski definition) is 2. The summed E-state index contributed by atoms with van der Waals surface area (Å²) < 4.78 is 91.3. The zero-order chi connectivity index (χ0) is 58.1. The maximum Gasteiger partial charge on any atom is 0.165 e. The molecular weight excluding hydrogens is 1060 g/mol. The monoisotopic (exact) mass is 1120 g/mol. The smallest absolute Gasteiger partial charge is 0.165 e. The first-order valence-electron chi connectivity index (χ1n) is 27.4. The lowest BCUT2D eigenvalue weighted by atomic mass is 9.86. The predicted molar refractivity (Wildman–Crippen MR) is 304 cm³/mol.